The second-order valence-corrected chi connectivity index (χ2v) is 3.28. The van der Waals surface area contributed by atoms with Crippen LogP contribution in [0, 0.1) is 17.0 Å². The van der Waals surface area contributed by atoms with Crippen LogP contribution in [0.3, 0.4) is 0 Å². The zero-order valence-corrected chi connectivity index (χ0v) is 8.80. The van der Waals surface area contributed by atoms with Gasteiger partial charge in [-0.3, -0.25) is 14.9 Å². The lowest BCUT2D eigenvalue weighted by Crippen LogP contribution is -2.26. The lowest BCUT2D eigenvalue weighted by Gasteiger charge is -2.10. The van der Waals surface area contributed by atoms with E-state index < -0.39 is 16.9 Å². The third-order valence-electron chi connectivity index (χ3n) is 1.93. The van der Waals surface area contributed by atoms with E-state index in [-0.39, 0.29) is 11.5 Å². The number of aromatic nitrogens is 1. The summed E-state index contributed by atoms with van der Waals surface area (Å²) in [4.78, 5) is 24.6. The highest BCUT2D eigenvalue weighted by Gasteiger charge is 2.19. The smallest absolute Gasteiger partial charge is 0.325 e. The maximum absolute atomic E-state index is 10.7. The number of carboxylic acids is 1. The molecule has 1 atom stereocenters. The normalized spacial score (nSPS) is 11.9. The van der Waals surface area contributed by atoms with Crippen molar-refractivity contribution in [1.82, 2.24) is 4.98 Å². The molecule has 0 aliphatic carbocycles. The molecule has 0 radical (unpaired) electrons. The van der Waals surface area contributed by atoms with E-state index in [9.17, 15) is 14.9 Å². The summed E-state index contributed by atoms with van der Waals surface area (Å²) in [6.07, 6.45) is 0. The molecule has 0 aliphatic rings. The lowest BCUT2D eigenvalue weighted by atomic mass is 10.3. The standard InChI is InChI=1S/C9H11N3O4/c1-5-3-4-7(12(15)16)8(10-5)11-6(2)9(13)14/h3-4,6H,1-2H3,(H,10,11)(H,13,14). The van der Waals surface area contributed by atoms with Gasteiger partial charge in [-0.2, -0.15) is 0 Å². The molecule has 0 fully saturated rings. The Morgan fingerprint density at radius 3 is 2.75 bits per heavy atom. The van der Waals surface area contributed by atoms with Crippen molar-refractivity contribution in [3.63, 3.8) is 0 Å². The van der Waals surface area contributed by atoms with Crippen LogP contribution in [-0.4, -0.2) is 27.0 Å². The van der Waals surface area contributed by atoms with E-state index >= 15 is 0 Å². The second kappa shape index (κ2) is 4.56. The van der Waals surface area contributed by atoms with Crippen molar-refractivity contribution in [2.75, 3.05) is 5.32 Å². The molecule has 0 saturated heterocycles. The van der Waals surface area contributed by atoms with E-state index in [1.807, 2.05) is 0 Å². The third-order valence-corrected chi connectivity index (χ3v) is 1.93. The number of hydrogen-bond donors (Lipinski definition) is 2. The minimum atomic E-state index is -1.10. The highest BCUT2D eigenvalue weighted by Crippen LogP contribution is 2.22. The monoisotopic (exact) mass is 225 g/mol. The quantitative estimate of drug-likeness (QED) is 0.588. The van der Waals surface area contributed by atoms with Gasteiger partial charge >= 0.3 is 11.7 Å². The Bertz CT molecular complexity index is 433. The Kier molecular flexibility index (Phi) is 3.39. The number of nitrogens with one attached hydrogen (secondary N) is 1. The molecule has 0 aliphatic heterocycles. The largest absolute Gasteiger partial charge is 0.480 e. The highest BCUT2D eigenvalue weighted by atomic mass is 16.6. The van der Waals surface area contributed by atoms with Crippen LogP contribution in [0.2, 0.25) is 0 Å². The number of aliphatic carboxylic acids is 1. The number of pyridine rings is 1. The summed E-state index contributed by atoms with van der Waals surface area (Å²) in [5, 5.41) is 21.8. The molecule has 1 aromatic rings. The minimum Gasteiger partial charge on any atom is -0.480 e. The number of anilines is 1. The Hall–Kier alpha value is -2.18. The first-order chi connectivity index (χ1) is 7.41. The molecule has 0 bridgehead atoms. The molecule has 2 N–H and O–H groups in total. The van der Waals surface area contributed by atoms with Gasteiger partial charge in [-0.1, -0.05) is 0 Å². The van der Waals surface area contributed by atoms with Crippen molar-refractivity contribution in [1.29, 1.82) is 0 Å². The fourth-order valence-electron chi connectivity index (χ4n) is 1.07. The van der Waals surface area contributed by atoms with E-state index in [2.05, 4.69) is 10.3 Å². The maximum atomic E-state index is 10.7. The average molecular weight is 225 g/mol. The molecule has 0 spiro atoms. The molecule has 0 aromatic carbocycles. The molecular weight excluding hydrogens is 214 g/mol. The summed E-state index contributed by atoms with van der Waals surface area (Å²) in [5.74, 6) is -1.13. The van der Waals surface area contributed by atoms with E-state index in [1.165, 1.54) is 19.1 Å². The molecule has 1 aromatic heterocycles. The van der Waals surface area contributed by atoms with E-state index in [0.717, 1.165) is 0 Å². The van der Waals surface area contributed by atoms with E-state index in [4.69, 9.17) is 5.11 Å². The first-order valence-corrected chi connectivity index (χ1v) is 4.53. The number of nitro groups is 1. The van der Waals surface area contributed by atoms with Gasteiger partial charge in [0.15, 0.2) is 0 Å². The Morgan fingerprint density at radius 1 is 1.62 bits per heavy atom. The van der Waals surface area contributed by atoms with Gasteiger partial charge in [0.25, 0.3) is 0 Å². The van der Waals surface area contributed by atoms with Gasteiger partial charge in [-0.25, -0.2) is 4.98 Å². The van der Waals surface area contributed by atoms with Gasteiger partial charge in [0.1, 0.15) is 6.04 Å². The van der Waals surface area contributed by atoms with Gasteiger partial charge in [0, 0.05) is 11.8 Å². The molecule has 0 saturated carbocycles. The van der Waals surface area contributed by atoms with Crippen molar-refractivity contribution in [2.24, 2.45) is 0 Å². The summed E-state index contributed by atoms with van der Waals surface area (Å²) in [6.45, 7) is 3.05. The molecule has 1 unspecified atom stereocenters. The number of aryl methyl sites for hydroxylation is 1. The molecule has 7 heteroatoms. The van der Waals surface area contributed by atoms with Crippen molar-refractivity contribution < 1.29 is 14.8 Å². The van der Waals surface area contributed by atoms with Gasteiger partial charge in [0.05, 0.1) is 4.92 Å². The van der Waals surface area contributed by atoms with E-state index in [1.54, 1.807) is 6.92 Å². The van der Waals surface area contributed by atoms with Crippen molar-refractivity contribution in [3.05, 3.63) is 27.9 Å². The second-order valence-electron chi connectivity index (χ2n) is 3.28. The summed E-state index contributed by atoms with van der Waals surface area (Å²) < 4.78 is 0. The predicted octanol–water partition coefficient (Wildman–Crippen LogP) is 1.18. The maximum Gasteiger partial charge on any atom is 0.325 e. The van der Waals surface area contributed by atoms with E-state index in [0.29, 0.717) is 5.69 Å². The number of carbonyl (C=O) groups is 1. The number of carboxylic acid groups (broad SMARTS) is 1. The van der Waals surface area contributed by atoms with Crippen LogP contribution >= 0.6 is 0 Å². The van der Waals surface area contributed by atoms with Crippen LogP contribution in [0.5, 0.6) is 0 Å². The summed E-state index contributed by atoms with van der Waals surface area (Å²) in [5.41, 5.74) is 0.337. The highest BCUT2D eigenvalue weighted by molar-refractivity contribution is 5.77. The van der Waals surface area contributed by atoms with Gasteiger partial charge in [0.2, 0.25) is 5.82 Å². The van der Waals surface area contributed by atoms with Crippen LogP contribution in [0.4, 0.5) is 11.5 Å². The van der Waals surface area contributed by atoms with Crippen LogP contribution < -0.4 is 5.32 Å². The molecule has 86 valence electrons. The average Bonchev–Trinajstić information content (AvgIpc) is 2.16. The Labute approximate surface area is 91.3 Å². The zero-order chi connectivity index (χ0) is 12.3. The first-order valence-electron chi connectivity index (χ1n) is 4.53. The van der Waals surface area contributed by atoms with Crippen LogP contribution in [0.25, 0.3) is 0 Å². The molecule has 0 amide bonds. The topological polar surface area (TPSA) is 105 Å². The SMILES string of the molecule is Cc1ccc([N+](=O)[O-])c(NC(C)C(=O)O)n1. The Morgan fingerprint density at radius 2 is 2.25 bits per heavy atom. The molecular formula is C9H11N3O4. The fraction of sp³-hybridized carbons (Fsp3) is 0.333. The molecule has 1 heterocycles. The predicted molar refractivity (Wildman–Crippen MR) is 56.3 cm³/mol. The van der Waals surface area contributed by atoms with Crippen molar-refractivity contribution in [3.8, 4) is 0 Å². The van der Waals surface area contributed by atoms with Gasteiger partial charge in [-0.15, -0.1) is 0 Å². The first kappa shape index (κ1) is 11.9. The number of hydrogen-bond acceptors (Lipinski definition) is 5. The van der Waals surface area contributed by atoms with Crippen molar-refractivity contribution in [2.45, 2.75) is 19.9 Å². The Balaban J connectivity index is 3.05. The van der Waals surface area contributed by atoms with Gasteiger partial charge in [-0.05, 0) is 19.9 Å². The third kappa shape index (κ3) is 2.66. The lowest BCUT2D eigenvalue weighted by molar-refractivity contribution is -0.384. The fourth-order valence-corrected chi connectivity index (χ4v) is 1.07. The van der Waals surface area contributed by atoms with Crippen LogP contribution in [0.1, 0.15) is 12.6 Å². The van der Waals surface area contributed by atoms with Crippen molar-refractivity contribution >= 4 is 17.5 Å². The zero-order valence-electron chi connectivity index (χ0n) is 8.80. The minimum absolute atomic E-state index is 0.0279. The van der Waals surface area contributed by atoms with Gasteiger partial charge < -0.3 is 10.4 Å². The molecule has 16 heavy (non-hydrogen) atoms. The molecule has 7 nitrogen and oxygen atoms in total. The van der Waals surface area contributed by atoms with Crippen LogP contribution in [0.15, 0.2) is 12.1 Å². The van der Waals surface area contributed by atoms with Crippen LogP contribution in [-0.2, 0) is 4.79 Å². The summed E-state index contributed by atoms with van der Waals surface area (Å²) >= 11 is 0. The number of nitrogens with zero attached hydrogens (tertiary/aromatic N) is 2. The summed E-state index contributed by atoms with van der Waals surface area (Å²) in [7, 11) is 0. The number of rotatable bonds is 4. The summed E-state index contributed by atoms with van der Waals surface area (Å²) in [6, 6.07) is 1.85. The molecule has 1 rings (SSSR count).